The number of nitrogens with one attached hydrogen (secondary N) is 1. The summed E-state index contributed by atoms with van der Waals surface area (Å²) in [6.45, 7) is 1.02. The highest BCUT2D eigenvalue weighted by Crippen LogP contribution is 2.33. The van der Waals surface area contributed by atoms with E-state index >= 15 is 0 Å². The van der Waals surface area contributed by atoms with E-state index in [4.69, 9.17) is 9.47 Å². The second-order valence-corrected chi connectivity index (χ2v) is 10.4. The van der Waals surface area contributed by atoms with Gasteiger partial charge in [-0.25, -0.2) is 13.4 Å². The van der Waals surface area contributed by atoms with Gasteiger partial charge in [0.25, 0.3) is 5.91 Å². The molecule has 1 amide bonds. The quantitative estimate of drug-likeness (QED) is 0.535. The van der Waals surface area contributed by atoms with Gasteiger partial charge in [0.15, 0.2) is 16.6 Å². The third-order valence-electron chi connectivity index (χ3n) is 5.45. The molecule has 2 heterocycles. The van der Waals surface area contributed by atoms with E-state index in [-0.39, 0.29) is 10.5 Å². The second kappa shape index (κ2) is 9.90. The van der Waals surface area contributed by atoms with Crippen LogP contribution in [0.3, 0.4) is 0 Å². The van der Waals surface area contributed by atoms with Gasteiger partial charge in [-0.15, -0.1) is 11.3 Å². The number of amides is 1. The average Bonchev–Trinajstić information content (AvgIpc) is 3.32. The topological polar surface area (TPSA) is 97.8 Å². The third-order valence-corrected chi connectivity index (χ3v) is 8.11. The molecule has 2 aromatic carbocycles. The Morgan fingerprint density at radius 1 is 1.03 bits per heavy atom. The van der Waals surface area contributed by atoms with Crippen LogP contribution in [0, 0.1) is 0 Å². The predicted molar refractivity (Wildman–Crippen MR) is 128 cm³/mol. The Morgan fingerprint density at radius 3 is 2.52 bits per heavy atom. The van der Waals surface area contributed by atoms with Gasteiger partial charge in [0.1, 0.15) is 0 Å². The fourth-order valence-electron chi connectivity index (χ4n) is 3.68. The summed E-state index contributed by atoms with van der Waals surface area (Å²) in [5.74, 6) is 0.781. The molecule has 4 rings (SSSR count). The van der Waals surface area contributed by atoms with Gasteiger partial charge in [-0.05, 0) is 49.2 Å². The smallest absolute Gasteiger partial charge is 0.257 e. The van der Waals surface area contributed by atoms with Crippen LogP contribution in [0.5, 0.6) is 11.5 Å². The number of thiazole rings is 1. The number of sulfonamides is 1. The van der Waals surface area contributed by atoms with Crippen molar-refractivity contribution < 1.29 is 22.7 Å². The van der Waals surface area contributed by atoms with Crippen molar-refractivity contribution in [3.63, 3.8) is 0 Å². The Bertz CT molecular complexity index is 1250. The van der Waals surface area contributed by atoms with Gasteiger partial charge in [-0.1, -0.05) is 12.5 Å². The molecule has 10 heteroatoms. The van der Waals surface area contributed by atoms with Gasteiger partial charge in [-0.2, -0.15) is 4.31 Å². The summed E-state index contributed by atoms with van der Waals surface area (Å²) in [5.41, 5.74) is 1.76. The minimum absolute atomic E-state index is 0.127. The van der Waals surface area contributed by atoms with E-state index < -0.39 is 15.9 Å². The van der Waals surface area contributed by atoms with Crippen LogP contribution in [-0.4, -0.2) is 50.9 Å². The summed E-state index contributed by atoms with van der Waals surface area (Å²) in [6.07, 6.45) is 2.74. The number of carbonyl (C=O) groups excluding carboxylic acids is 1. The summed E-state index contributed by atoms with van der Waals surface area (Å²) >= 11 is 1.28. The molecular formula is C23H25N3O5S2. The van der Waals surface area contributed by atoms with Crippen molar-refractivity contribution >= 4 is 32.4 Å². The maximum atomic E-state index is 12.9. The van der Waals surface area contributed by atoms with E-state index in [0.29, 0.717) is 35.4 Å². The monoisotopic (exact) mass is 487 g/mol. The molecule has 1 N–H and O–H groups in total. The number of aromatic nitrogens is 1. The number of anilines is 1. The lowest BCUT2D eigenvalue weighted by atomic mass is 10.1. The first kappa shape index (κ1) is 23.2. The maximum Gasteiger partial charge on any atom is 0.257 e. The lowest BCUT2D eigenvalue weighted by Crippen LogP contribution is -2.35. The first-order valence-electron chi connectivity index (χ1n) is 10.5. The Hall–Kier alpha value is -2.95. The van der Waals surface area contributed by atoms with Gasteiger partial charge >= 0.3 is 0 Å². The minimum atomic E-state index is -3.62. The first-order chi connectivity index (χ1) is 15.9. The molecule has 0 spiro atoms. The minimum Gasteiger partial charge on any atom is -0.493 e. The van der Waals surface area contributed by atoms with Crippen LogP contribution in [0.4, 0.5) is 5.13 Å². The summed E-state index contributed by atoms with van der Waals surface area (Å²) < 4.78 is 38.0. The van der Waals surface area contributed by atoms with E-state index in [2.05, 4.69) is 10.3 Å². The van der Waals surface area contributed by atoms with Crippen molar-refractivity contribution in [1.29, 1.82) is 0 Å². The molecule has 8 nitrogen and oxygen atoms in total. The molecule has 1 aliphatic rings. The third kappa shape index (κ3) is 5.02. The molecule has 1 aliphatic heterocycles. The van der Waals surface area contributed by atoms with Crippen LogP contribution in [0.1, 0.15) is 29.6 Å². The lowest BCUT2D eigenvalue weighted by Gasteiger charge is -2.26. The Labute approximate surface area is 197 Å². The summed E-state index contributed by atoms with van der Waals surface area (Å²) in [6, 6.07) is 11.6. The van der Waals surface area contributed by atoms with E-state index in [1.165, 1.54) is 27.8 Å². The zero-order chi connectivity index (χ0) is 23.4. The fraction of sp³-hybridized carbons (Fsp3) is 0.304. The Balaban J connectivity index is 1.51. The maximum absolute atomic E-state index is 12.9. The molecule has 0 atom stereocenters. The molecule has 0 radical (unpaired) electrons. The molecule has 1 fully saturated rings. The molecule has 3 aromatic rings. The van der Waals surface area contributed by atoms with Crippen LogP contribution in [0.25, 0.3) is 11.3 Å². The van der Waals surface area contributed by atoms with Crippen molar-refractivity contribution in [2.45, 2.75) is 24.2 Å². The largest absolute Gasteiger partial charge is 0.493 e. The highest BCUT2D eigenvalue weighted by atomic mass is 32.2. The van der Waals surface area contributed by atoms with E-state index in [0.717, 1.165) is 24.8 Å². The number of hydrogen-bond acceptors (Lipinski definition) is 7. The zero-order valence-corrected chi connectivity index (χ0v) is 20.0. The molecule has 0 bridgehead atoms. The lowest BCUT2D eigenvalue weighted by molar-refractivity contribution is 0.102. The van der Waals surface area contributed by atoms with Crippen LogP contribution in [-0.2, 0) is 10.0 Å². The van der Waals surface area contributed by atoms with Gasteiger partial charge in [0, 0.05) is 29.6 Å². The van der Waals surface area contributed by atoms with E-state index in [9.17, 15) is 13.2 Å². The number of ether oxygens (including phenoxy) is 2. The number of benzene rings is 2. The van der Waals surface area contributed by atoms with Gasteiger partial charge in [-0.3, -0.25) is 10.1 Å². The van der Waals surface area contributed by atoms with Crippen LogP contribution < -0.4 is 14.8 Å². The number of rotatable bonds is 7. The van der Waals surface area contributed by atoms with Crippen LogP contribution >= 0.6 is 11.3 Å². The van der Waals surface area contributed by atoms with E-state index in [1.54, 1.807) is 32.4 Å². The van der Waals surface area contributed by atoms with Crippen molar-refractivity contribution in [3.05, 3.63) is 53.4 Å². The molecule has 33 heavy (non-hydrogen) atoms. The number of hydrogen-bond donors (Lipinski definition) is 1. The highest BCUT2D eigenvalue weighted by molar-refractivity contribution is 7.89. The van der Waals surface area contributed by atoms with Crippen molar-refractivity contribution in [1.82, 2.24) is 9.29 Å². The molecule has 0 saturated carbocycles. The second-order valence-electron chi connectivity index (χ2n) is 7.55. The van der Waals surface area contributed by atoms with E-state index in [1.807, 2.05) is 17.5 Å². The molecule has 1 saturated heterocycles. The molecule has 0 aliphatic carbocycles. The Morgan fingerprint density at radius 2 is 1.79 bits per heavy atom. The number of methoxy groups -OCH3 is 2. The zero-order valence-electron chi connectivity index (χ0n) is 18.4. The van der Waals surface area contributed by atoms with Crippen LogP contribution in [0.15, 0.2) is 52.7 Å². The number of piperidine rings is 1. The fourth-order valence-corrected chi connectivity index (χ4v) is 5.96. The molecule has 174 valence electrons. The standard InChI is InChI=1S/C23H25N3O5S2/c1-30-20-10-9-16(14-21(20)31-2)19-15-32-23(24-19)25-22(27)17-7-6-8-18(13-17)33(28,29)26-11-4-3-5-12-26/h6-10,13-15H,3-5,11-12H2,1-2H3,(H,24,25,27). The van der Waals surface area contributed by atoms with Crippen LogP contribution in [0.2, 0.25) is 0 Å². The summed E-state index contributed by atoms with van der Waals surface area (Å²) in [4.78, 5) is 17.4. The van der Waals surface area contributed by atoms with Crippen molar-refractivity contribution in [2.75, 3.05) is 32.6 Å². The van der Waals surface area contributed by atoms with Crippen molar-refractivity contribution in [2.24, 2.45) is 0 Å². The number of carbonyl (C=O) groups is 1. The van der Waals surface area contributed by atoms with Gasteiger partial charge < -0.3 is 9.47 Å². The predicted octanol–water partition coefficient (Wildman–Crippen LogP) is 4.25. The molecule has 1 aromatic heterocycles. The normalized spacial score (nSPS) is 14.6. The average molecular weight is 488 g/mol. The molecular weight excluding hydrogens is 462 g/mol. The highest BCUT2D eigenvalue weighted by Gasteiger charge is 2.26. The van der Waals surface area contributed by atoms with Gasteiger partial charge in [0.2, 0.25) is 10.0 Å². The van der Waals surface area contributed by atoms with Crippen molar-refractivity contribution in [3.8, 4) is 22.8 Å². The number of nitrogens with zero attached hydrogens (tertiary/aromatic N) is 2. The summed E-state index contributed by atoms with van der Waals surface area (Å²) in [5, 5.41) is 5.00. The Kier molecular flexibility index (Phi) is 6.96. The van der Waals surface area contributed by atoms with Gasteiger partial charge in [0.05, 0.1) is 24.8 Å². The SMILES string of the molecule is COc1ccc(-c2csc(NC(=O)c3cccc(S(=O)(=O)N4CCCCC4)c3)n2)cc1OC. The summed E-state index contributed by atoms with van der Waals surface area (Å²) in [7, 11) is -0.483. The first-order valence-corrected chi connectivity index (χ1v) is 12.8. The molecule has 0 unspecified atom stereocenters.